The Morgan fingerprint density at radius 3 is 2.24 bits per heavy atom. The van der Waals surface area contributed by atoms with Gasteiger partial charge in [-0.3, -0.25) is 4.79 Å². The van der Waals surface area contributed by atoms with Crippen LogP contribution >= 0.6 is 11.8 Å². The van der Waals surface area contributed by atoms with Gasteiger partial charge in [-0.05, 0) is 42.7 Å². The molecular formula is C19H23NO4S. The summed E-state index contributed by atoms with van der Waals surface area (Å²) in [6, 6.07) is 16.4. The largest absolute Gasteiger partial charge is 0.491 e. The van der Waals surface area contributed by atoms with Crippen LogP contribution in [-0.2, 0) is 4.79 Å². The van der Waals surface area contributed by atoms with Gasteiger partial charge in [0.25, 0.3) is 0 Å². The third-order valence-electron chi connectivity index (χ3n) is 3.30. The van der Waals surface area contributed by atoms with Gasteiger partial charge in [0.05, 0.1) is 0 Å². The number of anilines is 1. The fourth-order valence-electron chi connectivity index (χ4n) is 2.00. The van der Waals surface area contributed by atoms with E-state index in [9.17, 15) is 9.90 Å². The minimum Gasteiger partial charge on any atom is -0.491 e. The number of nitrogens with one attached hydrogen (secondary N) is 1. The molecule has 0 fully saturated rings. The van der Waals surface area contributed by atoms with E-state index >= 15 is 0 Å². The predicted molar refractivity (Wildman–Crippen MR) is 102 cm³/mol. The van der Waals surface area contributed by atoms with Gasteiger partial charge < -0.3 is 19.9 Å². The zero-order valence-electron chi connectivity index (χ0n) is 14.2. The van der Waals surface area contributed by atoms with Gasteiger partial charge in [0.15, 0.2) is 0 Å². The first-order valence-electron chi connectivity index (χ1n) is 8.05. The summed E-state index contributed by atoms with van der Waals surface area (Å²) in [4.78, 5) is 11.7. The fourth-order valence-corrected chi connectivity index (χ4v) is 2.39. The molecule has 25 heavy (non-hydrogen) atoms. The zero-order chi connectivity index (χ0) is 17.9. The second-order valence-corrected chi connectivity index (χ2v) is 6.39. The quantitative estimate of drug-likeness (QED) is 0.680. The average Bonchev–Trinajstić information content (AvgIpc) is 2.65. The maximum Gasteiger partial charge on any atom is 0.225 e. The molecule has 0 aromatic heterocycles. The molecule has 0 spiro atoms. The van der Waals surface area contributed by atoms with Crippen molar-refractivity contribution in [3.05, 3.63) is 54.6 Å². The number of benzene rings is 2. The van der Waals surface area contributed by atoms with Crippen molar-refractivity contribution in [3.8, 4) is 11.5 Å². The van der Waals surface area contributed by atoms with Crippen molar-refractivity contribution in [3.63, 3.8) is 0 Å². The minimum absolute atomic E-state index is 0.00324. The molecule has 0 saturated heterocycles. The van der Waals surface area contributed by atoms with E-state index in [1.165, 1.54) is 0 Å². The molecule has 0 saturated carbocycles. The fraction of sp³-hybridized carbons (Fsp3) is 0.316. The molecular weight excluding hydrogens is 338 g/mol. The highest BCUT2D eigenvalue weighted by Crippen LogP contribution is 2.16. The summed E-state index contributed by atoms with van der Waals surface area (Å²) >= 11 is 1.64. The molecule has 1 unspecified atom stereocenters. The highest BCUT2D eigenvalue weighted by Gasteiger charge is 2.07. The van der Waals surface area contributed by atoms with Gasteiger partial charge >= 0.3 is 0 Å². The molecule has 6 heteroatoms. The van der Waals surface area contributed by atoms with E-state index in [0.29, 0.717) is 17.9 Å². The first kappa shape index (κ1) is 19.1. The first-order valence-corrected chi connectivity index (χ1v) is 9.44. The van der Waals surface area contributed by atoms with Crippen LogP contribution in [0.15, 0.2) is 54.6 Å². The molecule has 2 aromatic rings. The van der Waals surface area contributed by atoms with E-state index < -0.39 is 6.10 Å². The Kier molecular flexibility index (Phi) is 8.15. The summed E-state index contributed by atoms with van der Waals surface area (Å²) in [5.74, 6) is 2.14. The number of carbonyl (C=O) groups excluding carboxylic acids is 1. The average molecular weight is 361 g/mol. The van der Waals surface area contributed by atoms with Crippen molar-refractivity contribution in [1.29, 1.82) is 0 Å². The number of ether oxygens (including phenoxy) is 2. The molecule has 2 rings (SSSR count). The van der Waals surface area contributed by atoms with Gasteiger partial charge in [-0.25, -0.2) is 0 Å². The Morgan fingerprint density at radius 2 is 1.64 bits per heavy atom. The van der Waals surface area contributed by atoms with Gasteiger partial charge in [-0.1, -0.05) is 18.2 Å². The molecule has 0 aliphatic rings. The molecule has 0 heterocycles. The topological polar surface area (TPSA) is 67.8 Å². The summed E-state index contributed by atoms with van der Waals surface area (Å²) in [7, 11) is 0. The van der Waals surface area contributed by atoms with Crippen LogP contribution in [0.3, 0.4) is 0 Å². The zero-order valence-corrected chi connectivity index (χ0v) is 15.0. The van der Waals surface area contributed by atoms with Crippen LogP contribution in [0.4, 0.5) is 5.69 Å². The van der Waals surface area contributed by atoms with Gasteiger partial charge in [0, 0.05) is 17.9 Å². The van der Waals surface area contributed by atoms with E-state index in [0.717, 1.165) is 11.4 Å². The Bertz CT molecular complexity index is 634. The maximum absolute atomic E-state index is 11.7. The van der Waals surface area contributed by atoms with Crippen molar-refractivity contribution in [2.45, 2.75) is 12.5 Å². The lowest BCUT2D eigenvalue weighted by Crippen LogP contribution is -2.25. The number of carbonyl (C=O) groups is 1. The van der Waals surface area contributed by atoms with Crippen LogP contribution in [0.1, 0.15) is 6.42 Å². The van der Waals surface area contributed by atoms with Crippen molar-refractivity contribution in [2.75, 3.05) is 30.5 Å². The first-order chi connectivity index (χ1) is 12.2. The van der Waals surface area contributed by atoms with Gasteiger partial charge in [-0.15, -0.1) is 0 Å². The molecule has 0 bridgehead atoms. The lowest BCUT2D eigenvalue weighted by Gasteiger charge is -2.14. The van der Waals surface area contributed by atoms with Gasteiger partial charge in [-0.2, -0.15) is 11.8 Å². The molecule has 0 radical (unpaired) electrons. The Morgan fingerprint density at radius 1 is 1.04 bits per heavy atom. The minimum atomic E-state index is -0.730. The van der Waals surface area contributed by atoms with Crippen molar-refractivity contribution in [2.24, 2.45) is 0 Å². The number of hydrogen-bond donors (Lipinski definition) is 2. The van der Waals surface area contributed by atoms with Crippen molar-refractivity contribution in [1.82, 2.24) is 0 Å². The smallest absolute Gasteiger partial charge is 0.225 e. The standard InChI is InChI=1S/C19H23NO4S/c1-25-12-11-19(22)20-15-7-9-18(10-8-15)24-14-16(21)13-23-17-5-3-2-4-6-17/h2-10,16,21H,11-14H2,1H3,(H,20,22). The van der Waals surface area contributed by atoms with Gasteiger partial charge in [0.2, 0.25) is 5.91 Å². The molecule has 0 aliphatic carbocycles. The molecule has 2 aromatic carbocycles. The highest BCUT2D eigenvalue weighted by molar-refractivity contribution is 7.98. The summed E-state index contributed by atoms with van der Waals surface area (Å²) in [6.45, 7) is 0.292. The number of para-hydroxylation sites is 1. The molecule has 5 nitrogen and oxygen atoms in total. The third kappa shape index (κ3) is 7.49. The number of rotatable bonds is 10. The second-order valence-electron chi connectivity index (χ2n) is 5.40. The maximum atomic E-state index is 11.7. The van der Waals surface area contributed by atoms with Crippen molar-refractivity contribution >= 4 is 23.4 Å². The predicted octanol–water partition coefficient (Wildman–Crippen LogP) is 3.20. The van der Waals surface area contributed by atoms with E-state index in [4.69, 9.17) is 9.47 Å². The van der Waals surface area contributed by atoms with Crippen LogP contribution in [-0.4, -0.2) is 42.3 Å². The van der Waals surface area contributed by atoms with E-state index in [1.807, 2.05) is 36.6 Å². The lowest BCUT2D eigenvalue weighted by atomic mass is 10.3. The van der Waals surface area contributed by atoms with Crippen LogP contribution < -0.4 is 14.8 Å². The molecule has 134 valence electrons. The third-order valence-corrected chi connectivity index (χ3v) is 3.91. The van der Waals surface area contributed by atoms with Crippen LogP contribution in [0, 0.1) is 0 Å². The second kappa shape index (κ2) is 10.6. The molecule has 2 N–H and O–H groups in total. The lowest BCUT2D eigenvalue weighted by molar-refractivity contribution is -0.115. The van der Waals surface area contributed by atoms with Crippen LogP contribution in [0.5, 0.6) is 11.5 Å². The Labute approximate surface area is 152 Å². The SMILES string of the molecule is CSCCC(=O)Nc1ccc(OCC(O)COc2ccccc2)cc1. The number of amides is 1. The molecule has 1 amide bonds. The summed E-state index contributed by atoms with van der Waals surface area (Å²) in [6.07, 6.45) is 1.73. The number of hydrogen-bond acceptors (Lipinski definition) is 5. The van der Waals surface area contributed by atoms with Crippen molar-refractivity contribution < 1.29 is 19.4 Å². The van der Waals surface area contributed by atoms with E-state index in [-0.39, 0.29) is 19.1 Å². The van der Waals surface area contributed by atoms with E-state index in [1.54, 1.807) is 36.0 Å². The molecule has 1 atom stereocenters. The highest BCUT2D eigenvalue weighted by atomic mass is 32.2. The van der Waals surface area contributed by atoms with Gasteiger partial charge in [0.1, 0.15) is 30.8 Å². The number of aliphatic hydroxyl groups excluding tert-OH is 1. The Hall–Kier alpha value is -2.18. The monoisotopic (exact) mass is 361 g/mol. The normalized spacial score (nSPS) is 11.6. The summed E-state index contributed by atoms with van der Waals surface area (Å²) in [5, 5.41) is 12.7. The number of aliphatic hydroxyl groups is 1. The summed E-state index contributed by atoms with van der Waals surface area (Å²) < 4.78 is 11.0. The molecule has 0 aliphatic heterocycles. The van der Waals surface area contributed by atoms with Crippen LogP contribution in [0.2, 0.25) is 0 Å². The number of thioether (sulfide) groups is 1. The van der Waals surface area contributed by atoms with Crippen LogP contribution in [0.25, 0.3) is 0 Å². The summed E-state index contributed by atoms with van der Waals surface area (Å²) in [5.41, 5.74) is 0.728. The Balaban J connectivity index is 1.70. The van der Waals surface area contributed by atoms with E-state index in [2.05, 4.69) is 5.32 Å².